The predicted molar refractivity (Wildman–Crippen MR) is 85.3 cm³/mol. The fourth-order valence-corrected chi connectivity index (χ4v) is 2.42. The van der Waals surface area contributed by atoms with Gasteiger partial charge in [0, 0.05) is 6.20 Å². The van der Waals surface area contributed by atoms with Gasteiger partial charge in [-0.1, -0.05) is 12.1 Å². The van der Waals surface area contributed by atoms with Crippen LogP contribution in [0.3, 0.4) is 0 Å². The Bertz CT molecular complexity index is 615. The van der Waals surface area contributed by atoms with Crippen LogP contribution in [0.4, 0.5) is 10.5 Å². The average Bonchev–Trinajstić information content (AvgIpc) is 2.82. The molecule has 0 spiro atoms. The fourth-order valence-electron chi connectivity index (χ4n) is 1.64. The number of nitrogens with one attached hydrogen (secondary N) is 2. The lowest BCUT2D eigenvalue weighted by Gasteiger charge is -2.20. The molecule has 2 rings (SSSR count). The third-order valence-electron chi connectivity index (χ3n) is 2.50. The molecule has 5 nitrogen and oxygen atoms in total. The number of carbonyl (C=O) groups is 1. The van der Waals surface area contributed by atoms with E-state index in [0.717, 1.165) is 21.1 Å². The van der Waals surface area contributed by atoms with Crippen LogP contribution in [0, 0.1) is 6.92 Å². The zero-order chi connectivity index (χ0) is 15.5. The fraction of sp³-hybridized carbons (Fsp3) is 0.333. The second kappa shape index (κ2) is 6.13. The van der Waals surface area contributed by atoms with Crippen LogP contribution in [0.25, 0.3) is 10.4 Å². The lowest BCUT2D eigenvalue weighted by atomic mass is 10.2. The molecule has 1 aromatic heterocycles. The van der Waals surface area contributed by atoms with Gasteiger partial charge in [-0.15, -0.1) is 11.3 Å². The number of rotatable bonds is 3. The Balaban J connectivity index is 1.92. The zero-order valence-electron chi connectivity index (χ0n) is 12.6. The number of aromatic nitrogens is 1. The highest BCUT2D eigenvalue weighted by atomic mass is 32.1. The largest absolute Gasteiger partial charge is 0.443 e. The predicted octanol–water partition coefficient (Wildman–Crippen LogP) is 3.97. The second-order valence-electron chi connectivity index (χ2n) is 5.57. The maximum atomic E-state index is 11.5. The first-order chi connectivity index (χ1) is 9.83. The number of amides is 1. The van der Waals surface area contributed by atoms with Gasteiger partial charge in [0.05, 0.1) is 15.6 Å². The van der Waals surface area contributed by atoms with Crippen molar-refractivity contribution in [3.8, 4) is 10.4 Å². The summed E-state index contributed by atoms with van der Waals surface area (Å²) < 4.78 is 5.14. The Hall–Kier alpha value is -2.08. The van der Waals surface area contributed by atoms with E-state index in [0.29, 0.717) is 0 Å². The minimum absolute atomic E-state index is 0.510. The summed E-state index contributed by atoms with van der Waals surface area (Å²) in [5.74, 6) is 0. The van der Waals surface area contributed by atoms with E-state index in [4.69, 9.17) is 4.74 Å². The number of aryl methyl sites for hydroxylation is 1. The van der Waals surface area contributed by atoms with E-state index in [1.165, 1.54) is 0 Å². The third-order valence-corrected chi connectivity index (χ3v) is 3.46. The molecule has 6 heteroatoms. The molecule has 0 aliphatic rings. The van der Waals surface area contributed by atoms with Gasteiger partial charge in [0.1, 0.15) is 5.60 Å². The Kier molecular flexibility index (Phi) is 4.47. The van der Waals surface area contributed by atoms with E-state index in [-0.39, 0.29) is 0 Å². The van der Waals surface area contributed by atoms with Gasteiger partial charge in [0.25, 0.3) is 0 Å². The van der Waals surface area contributed by atoms with Crippen molar-refractivity contribution in [3.63, 3.8) is 0 Å². The Morgan fingerprint density at radius 3 is 2.43 bits per heavy atom. The number of anilines is 1. The smallest absolute Gasteiger partial charge is 0.426 e. The molecule has 0 aliphatic carbocycles. The van der Waals surface area contributed by atoms with Crippen LogP contribution in [0.5, 0.6) is 0 Å². The molecule has 0 radical (unpaired) electrons. The normalized spacial score (nSPS) is 11.0. The zero-order valence-corrected chi connectivity index (χ0v) is 13.4. The third kappa shape index (κ3) is 4.75. The van der Waals surface area contributed by atoms with Crippen molar-refractivity contribution in [2.45, 2.75) is 33.3 Å². The molecule has 0 atom stereocenters. The Morgan fingerprint density at radius 1 is 1.24 bits per heavy atom. The van der Waals surface area contributed by atoms with E-state index < -0.39 is 11.7 Å². The summed E-state index contributed by atoms with van der Waals surface area (Å²) in [6.07, 6.45) is 1.35. The molecule has 1 aromatic carbocycles. The lowest BCUT2D eigenvalue weighted by Crippen LogP contribution is -2.35. The van der Waals surface area contributed by atoms with Crippen molar-refractivity contribution in [1.29, 1.82) is 0 Å². The molecule has 1 amide bonds. The lowest BCUT2D eigenvalue weighted by molar-refractivity contribution is 0.0541. The summed E-state index contributed by atoms with van der Waals surface area (Å²) in [7, 11) is 0. The van der Waals surface area contributed by atoms with Gasteiger partial charge in [0.15, 0.2) is 0 Å². The van der Waals surface area contributed by atoms with Crippen LogP contribution in [0.2, 0.25) is 0 Å². The molecule has 112 valence electrons. The number of hydrogen-bond donors (Lipinski definition) is 2. The van der Waals surface area contributed by atoms with Crippen molar-refractivity contribution in [2.75, 3.05) is 5.43 Å². The van der Waals surface area contributed by atoms with Gasteiger partial charge in [-0.05, 0) is 45.4 Å². The molecule has 0 fully saturated rings. The van der Waals surface area contributed by atoms with Crippen LogP contribution >= 0.6 is 11.3 Å². The van der Waals surface area contributed by atoms with E-state index >= 15 is 0 Å². The average molecular weight is 305 g/mol. The van der Waals surface area contributed by atoms with Crippen molar-refractivity contribution in [1.82, 2.24) is 10.4 Å². The van der Waals surface area contributed by atoms with Crippen molar-refractivity contribution in [3.05, 3.63) is 35.5 Å². The first-order valence-electron chi connectivity index (χ1n) is 6.61. The molecule has 0 aliphatic heterocycles. The van der Waals surface area contributed by atoms with E-state index in [1.807, 2.05) is 58.2 Å². The maximum Gasteiger partial charge on any atom is 0.426 e. The maximum absolute atomic E-state index is 11.5. The Labute approximate surface area is 128 Å². The molecule has 0 saturated carbocycles. The first-order valence-corrected chi connectivity index (χ1v) is 7.43. The highest BCUT2D eigenvalue weighted by Gasteiger charge is 2.15. The number of hydrogen-bond acceptors (Lipinski definition) is 5. The summed E-state index contributed by atoms with van der Waals surface area (Å²) in [5.41, 5.74) is 6.68. The molecule has 1 heterocycles. The van der Waals surface area contributed by atoms with E-state index in [1.54, 1.807) is 11.3 Å². The topological polar surface area (TPSA) is 63.2 Å². The van der Waals surface area contributed by atoms with Crippen LogP contribution in [0.15, 0.2) is 30.5 Å². The highest BCUT2D eigenvalue weighted by molar-refractivity contribution is 7.15. The van der Waals surface area contributed by atoms with Crippen molar-refractivity contribution < 1.29 is 9.53 Å². The molecular weight excluding hydrogens is 286 g/mol. The standard InChI is InChI=1S/C15H19N3O2S/c1-10-16-9-13(21-10)11-5-7-12(8-6-11)17-18-14(19)20-15(2,3)4/h5-9,17H,1-4H3,(H,18,19). The number of nitrogens with zero attached hydrogens (tertiary/aromatic N) is 1. The summed E-state index contributed by atoms with van der Waals surface area (Å²) in [6, 6.07) is 7.74. The van der Waals surface area contributed by atoms with Crippen LogP contribution in [-0.4, -0.2) is 16.7 Å². The quantitative estimate of drug-likeness (QED) is 0.842. The van der Waals surface area contributed by atoms with Crippen molar-refractivity contribution >= 4 is 23.1 Å². The molecule has 0 unspecified atom stereocenters. The number of hydrazine groups is 1. The van der Waals surface area contributed by atoms with Crippen LogP contribution < -0.4 is 10.9 Å². The monoisotopic (exact) mass is 305 g/mol. The van der Waals surface area contributed by atoms with E-state index in [2.05, 4.69) is 15.8 Å². The minimum Gasteiger partial charge on any atom is -0.443 e. The number of thiazole rings is 1. The SMILES string of the molecule is Cc1ncc(-c2ccc(NNC(=O)OC(C)(C)C)cc2)s1. The van der Waals surface area contributed by atoms with Gasteiger partial charge in [-0.25, -0.2) is 15.2 Å². The van der Waals surface area contributed by atoms with Crippen LogP contribution in [-0.2, 0) is 4.74 Å². The van der Waals surface area contributed by atoms with Crippen molar-refractivity contribution in [2.24, 2.45) is 0 Å². The van der Waals surface area contributed by atoms with Gasteiger partial charge in [-0.2, -0.15) is 0 Å². The minimum atomic E-state index is -0.514. The molecule has 21 heavy (non-hydrogen) atoms. The molecule has 0 bridgehead atoms. The summed E-state index contributed by atoms with van der Waals surface area (Å²) in [5, 5.41) is 1.04. The van der Waals surface area contributed by atoms with Gasteiger partial charge >= 0.3 is 6.09 Å². The first kappa shape index (κ1) is 15.3. The summed E-state index contributed by atoms with van der Waals surface area (Å²) in [6.45, 7) is 7.43. The van der Waals surface area contributed by atoms with E-state index in [9.17, 15) is 4.79 Å². The van der Waals surface area contributed by atoms with Crippen LogP contribution in [0.1, 0.15) is 25.8 Å². The van der Waals surface area contributed by atoms with Gasteiger partial charge in [0.2, 0.25) is 0 Å². The number of carbonyl (C=O) groups excluding carboxylic acids is 1. The molecule has 0 saturated heterocycles. The second-order valence-corrected chi connectivity index (χ2v) is 6.81. The summed E-state index contributed by atoms with van der Waals surface area (Å²) >= 11 is 1.65. The number of benzene rings is 1. The highest BCUT2D eigenvalue weighted by Crippen LogP contribution is 2.26. The summed E-state index contributed by atoms with van der Waals surface area (Å²) in [4.78, 5) is 16.9. The Morgan fingerprint density at radius 2 is 1.90 bits per heavy atom. The molecule has 2 N–H and O–H groups in total. The van der Waals surface area contributed by atoms with Gasteiger partial charge < -0.3 is 4.74 Å². The van der Waals surface area contributed by atoms with Gasteiger partial charge in [-0.3, -0.25) is 5.43 Å². The molecular formula is C15H19N3O2S. The number of ether oxygens (including phenoxy) is 1. The molecule has 2 aromatic rings.